The Balaban J connectivity index is 1.60. The Kier molecular flexibility index (Phi) is 5.92. The monoisotopic (exact) mass is 430 g/mol. The van der Waals surface area contributed by atoms with Gasteiger partial charge in [-0.05, 0) is 80.5 Å². The molecule has 0 saturated heterocycles. The van der Waals surface area contributed by atoms with Crippen molar-refractivity contribution in [1.82, 2.24) is 4.57 Å². The minimum absolute atomic E-state index is 0.00106. The first-order valence-electron chi connectivity index (χ1n) is 11.0. The number of hydrogen-bond acceptors (Lipinski definition) is 4. The van der Waals surface area contributed by atoms with Crippen LogP contribution in [0.5, 0.6) is 5.75 Å². The fraction of sp³-hybridized carbons (Fsp3) is 0.333. The Morgan fingerprint density at radius 3 is 2.47 bits per heavy atom. The zero-order valence-corrected chi connectivity index (χ0v) is 19.4. The van der Waals surface area contributed by atoms with Crippen LogP contribution in [0.25, 0.3) is 5.69 Å². The minimum atomic E-state index is -0.517. The molecule has 0 spiro atoms. The lowest BCUT2D eigenvalue weighted by Crippen LogP contribution is -2.29. The van der Waals surface area contributed by atoms with Gasteiger partial charge in [-0.2, -0.15) is 0 Å². The van der Waals surface area contributed by atoms with Crippen LogP contribution in [-0.4, -0.2) is 22.9 Å². The molecule has 0 atom stereocenters. The fourth-order valence-electron chi connectivity index (χ4n) is 4.28. The van der Waals surface area contributed by atoms with Crippen molar-refractivity contribution in [3.8, 4) is 11.4 Å². The first kappa shape index (κ1) is 21.9. The Labute approximate surface area is 189 Å². The van der Waals surface area contributed by atoms with E-state index < -0.39 is 5.97 Å². The summed E-state index contributed by atoms with van der Waals surface area (Å²) in [6, 6.07) is 17.9. The molecule has 0 N–H and O–H groups in total. The fourth-order valence-corrected chi connectivity index (χ4v) is 4.28. The highest BCUT2D eigenvalue weighted by Gasteiger charge is 2.33. The third-order valence-electron chi connectivity index (χ3n) is 6.00. The van der Waals surface area contributed by atoms with E-state index in [-0.39, 0.29) is 12.0 Å². The molecule has 0 bridgehead atoms. The second-order valence-electron chi connectivity index (χ2n) is 9.37. The van der Waals surface area contributed by atoms with Crippen LogP contribution in [0.2, 0.25) is 0 Å². The van der Waals surface area contributed by atoms with Gasteiger partial charge in [0.1, 0.15) is 5.75 Å². The van der Waals surface area contributed by atoms with Gasteiger partial charge in [-0.3, -0.25) is 0 Å². The van der Waals surface area contributed by atoms with Crippen molar-refractivity contribution in [3.05, 3.63) is 82.7 Å². The van der Waals surface area contributed by atoms with Crippen LogP contribution in [-0.2, 0) is 16.1 Å². The zero-order chi connectivity index (χ0) is 22.9. The largest absolute Gasteiger partial charge is 0.482 e. The minimum Gasteiger partial charge on any atom is -0.482 e. The van der Waals surface area contributed by atoms with Crippen molar-refractivity contribution in [2.45, 2.75) is 47.5 Å². The lowest BCUT2D eigenvalue weighted by Gasteiger charge is -2.31. The van der Waals surface area contributed by atoms with E-state index in [2.05, 4.69) is 68.6 Å². The van der Waals surface area contributed by atoms with Gasteiger partial charge in [-0.1, -0.05) is 43.3 Å². The smallest absolute Gasteiger partial charge is 0.372 e. The van der Waals surface area contributed by atoms with Gasteiger partial charge in [0.15, 0.2) is 6.61 Å². The third kappa shape index (κ3) is 4.62. The highest BCUT2D eigenvalue weighted by molar-refractivity contribution is 6.03. The molecule has 0 aliphatic heterocycles. The van der Waals surface area contributed by atoms with Crippen LogP contribution in [0.4, 0.5) is 0 Å². The molecule has 1 aliphatic carbocycles. The standard InChI is InChI=1S/C27H30N2O3/c1-18-11-12-21(13-19(18)2)29-20(3)14-23-24(15-27(4,5)16-25(23)29)28-32-26(30)17-31-22-9-7-6-8-10-22/h6-14H,15-17H2,1-5H3/b28-24+. The Bertz CT molecular complexity index is 1170. The molecule has 166 valence electrons. The summed E-state index contributed by atoms with van der Waals surface area (Å²) in [5.74, 6) is 0.107. The van der Waals surface area contributed by atoms with E-state index in [0.29, 0.717) is 5.75 Å². The molecule has 0 amide bonds. The van der Waals surface area contributed by atoms with Gasteiger partial charge in [-0.25, -0.2) is 4.79 Å². The number of nitrogens with zero attached hydrogens (tertiary/aromatic N) is 2. The van der Waals surface area contributed by atoms with Gasteiger partial charge in [0.2, 0.25) is 0 Å². The molecule has 1 aliphatic rings. The summed E-state index contributed by atoms with van der Waals surface area (Å²) in [5.41, 5.74) is 7.89. The number of hydrogen-bond donors (Lipinski definition) is 0. The van der Waals surface area contributed by atoms with E-state index in [1.165, 1.54) is 16.8 Å². The number of oxime groups is 1. The average molecular weight is 431 g/mol. The molecule has 2 aromatic carbocycles. The van der Waals surface area contributed by atoms with Gasteiger partial charge in [0.05, 0.1) is 5.71 Å². The topological polar surface area (TPSA) is 52.8 Å². The van der Waals surface area contributed by atoms with Crippen LogP contribution in [0.1, 0.15) is 48.3 Å². The number of rotatable bonds is 5. The predicted octanol–water partition coefficient (Wildman–Crippen LogP) is 5.70. The van der Waals surface area contributed by atoms with Crippen LogP contribution in [0.3, 0.4) is 0 Å². The van der Waals surface area contributed by atoms with Crippen molar-refractivity contribution < 1.29 is 14.4 Å². The molecular weight excluding hydrogens is 400 g/mol. The summed E-state index contributed by atoms with van der Waals surface area (Å²) >= 11 is 0. The third-order valence-corrected chi connectivity index (χ3v) is 6.00. The second kappa shape index (κ2) is 8.65. The normalized spacial score (nSPS) is 16.0. The molecule has 1 heterocycles. The summed E-state index contributed by atoms with van der Waals surface area (Å²) in [6.45, 7) is 10.6. The predicted molar refractivity (Wildman–Crippen MR) is 127 cm³/mol. The van der Waals surface area contributed by atoms with Crippen LogP contribution < -0.4 is 4.74 Å². The molecule has 0 unspecified atom stereocenters. The molecule has 0 fully saturated rings. The van der Waals surface area contributed by atoms with Gasteiger partial charge in [0.25, 0.3) is 0 Å². The lowest BCUT2D eigenvalue weighted by atomic mass is 9.76. The molecule has 3 aromatic rings. The number of fused-ring (bicyclic) bond motifs is 1. The van der Waals surface area contributed by atoms with Gasteiger partial charge in [-0.15, -0.1) is 0 Å². The molecule has 32 heavy (non-hydrogen) atoms. The van der Waals surface area contributed by atoms with Gasteiger partial charge < -0.3 is 14.1 Å². The zero-order valence-electron chi connectivity index (χ0n) is 19.4. The van der Waals surface area contributed by atoms with Crippen molar-refractivity contribution in [1.29, 1.82) is 0 Å². The van der Waals surface area contributed by atoms with E-state index in [1.54, 1.807) is 12.1 Å². The summed E-state index contributed by atoms with van der Waals surface area (Å²) < 4.78 is 7.78. The summed E-state index contributed by atoms with van der Waals surface area (Å²) in [5, 5.41) is 4.29. The molecule has 0 saturated carbocycles. The molecular formula is C27H30N2O3. The van der Waals surface area contributed by atoms with Crippen LogP contribution >= 0.6 is 0 Å². The summed E-state index contributed by atoms with van der Waals surface area (Å²) in [4.78, 5) is 17.5. The van der Waals surface area contributed by atoms with E-state index >= 15 is 0 Å². The van der Waals surface area contributed by atoms with Crippen molar-refractivity contribution in [3.63, 3.8) is 0 Å². The van der Waals surface area contributed by atoms with Crippen LogP contribution in [0.15, 0.2) is 59.8 Å². The van der Waals surface area contributed by atoms with E-state index in [9.17, 15) is 4.79 Å². The van der Waals surface area contributed by atoms with E-state index in [0.717, 1.165) is 35.5 Å². The number of para-hydroxylation sites is 1. The molecule has 5 heteroatoms. The number of ether oxygens (including phenoxy) is 1. The quantitative estimate of drug-likeness (QED) is 0.385. The Hall–Kier alpha value is -3.34. The number of carbonyl (C=O) groups is 1. The summed E-state index contributed by atoms with van der Waals surface area (Å²) in [7, 11) is 0. The highest BCUT2D eigenvalue weighted by Crippen LogP contribution is 2.38. The van der Waals surface area contributed by atoms with Crippen LogP contribution in [0, 0.1) is 26.2 Å². The number of benzene rings is 2. The first-order valence-corrected chi connectivity index (χ1v) is 11.0. The molecule has 4 rings (SSSR count). The Morgan fingerprint density at radius 2 is 1.75 bits per heavy atom. The van der Waals surface area contributed by atoms with Crippen molar-refractivity contribution in [2.24, 2.45) is 10.6 Å². The maximum Gasteiger partial charge on any atom is 0.372 e. The number of carbonyl (C=O) groups excluding carboxylic acids is 1. The molecule has 5 nitrogen and oxygen atoms in total. The number of aromatic nitrogens is 1. The van der Waals surface area contributed by atoms with E-state index in [4.69, 9.17) is 9.57 Å². The van der Waals surface area contributed by atoms with Crippen molar-refractivity contribution in [2.75, 3.05) is 6.61 Å². The molecule has 0 radical (unpaired) electrons. The molecule has 1 aromatic heterocycles. The first-order chi connectivity index (χ1) is 15.2. The summed E-state index contributed by atoms with van der Waals surface area (Å²) in [6.07, 6.45) is 1.66. The van der Waals surface area contributed by atoms with E-state index in [1.807, 2.05) is 18.2 Å². The second-order valence-corrected chi connectivity index (χ2v) is 9.37. The van der Waals surface area contributed by atoms with Crippen molar-refractivity contribution >= 4 is 11.7 Å². The average Bonchev–Trinajstić information content (AvgIpc) is 3.08. The highest BCUT2D eigenvalue weighted by atomic mass is 16.7. The van der Waals surface area contributed by atoms with Gasteiger partial charge >= 0.3 is 5.97 Å². The van der Waals surface area contributed by atoms with Gasteiger partial charge in [0, 0.05) is 22.6 Å². The Morgan fingerprint density at radius 1 is 1.00 bits per heavy atom. The maximum atomic E-state index is 12.2. The number of aryl methyl sites for hydroxylation is 3. The SMILES string of the molecule is Cc1ccc(-n2c(C)cc3c2CC(C)(C)C/C3=N\OC(=O)COc2ccccc2)cc1C. The maximum absolute atomic E-state index is 12.2. The lowest BCUT2D eigenvalue weighted by molar-refractivity contribution is -0.146.